The maximum Gasteiger partial charge on any atom is 0.325 e. The SMILES string of the molecule is COc1ccc(C2(C)NC(=O)N(CC(=O)NCCCn3c(C)nc4ccccc43)C2=O)cc1. The minimum atomic E-state index is -1.23. The largest absolute Gasteiger partial charge is 0.497 e. The van der Waals surface area contributed by atoms with Crippen LogP contribution in [0.2, 0.25) is 0 Å². The molecule has 1 unspecified atom stereocenters. The van der Waals surface area contributed by atoms with Crippen molar-refractivity contribution in [1.82, 2.24) is 25.1 Å². The number of hydrogen-bond donors (Lipinski definition) is 2. The fourth-order valence-corrected chi connectivity index (χ4v) is 4.10. The number of para-hydroxylation sites is 2. The summed E-state index contributed by atoms with van der Waals surface area (Å²) >= 11 is 0. The van der Waals surface area contributed by atoms with Crippen LogP contribution in [0, 0.1) is 6.92 Å². The van der Waals surface area contributed by atoms with Crippen LogP contribution in [-0.4, -0.2) is 52.5 Å². The third-order valence-electron chi connectivity index (χ3n) is 5.97. The lowest BCUT2D eigenvalue weighted by atomic mass is 9.92. The van der Waals surface area contributed by atoms with Crippen molar-refractivity contribution < 1.29 is 19.1 Å². The molecule has 0 aliphatic carbocycles. The normalized spacial score (nSPS) is 18.0. The molecule has 1 saturated heterocycles. The summed E-state index contributed by atoms with van der Waals surface area (Å²) in [5.41, 5.74) is 1.38. The van der Waals surface area contributed by atoms with Gasteiger partial charge in [0.2, 0.25) is 5.91 Å². The molecule has 0 spiro atoms. The number of nitrogens with one attached hydrogen (secondary N) is 2. The van der Waals surface area contributed by atoms with Gasteiger partial charge in [-0.3, -0.25) is 14.5 Å². The van der Waals surface area contributed by atoms with Crippen molar-refractivity contribution in [1.29, 1.82) is 0 Å². The van der Waals surface area contributed by atoms with Gasteiger partial charge in [-0.05, 0) is 50.1 Å². The molecule has 2 N–H and O–H groups in total. The number of benzene rings is 2. The van der Waals surface area contributed by atoms with E-state index in [0.717, 1.165) is 21.8 Å². The van der Waals surface area contributed by atoms with Gasteiger partial charge >= 0.3 is 6.03 Å². The number of amides is 4. The van der Waals surface area contributed by atoms with Gasteiger partial charge in [0.25, 0.3) is 5.91 Å². The van der Waals surface area contributed by atoms with Gasteiger partial charge in [-0.15, -0.1) is 0 Å². The average Bonchev–Trinajstić information content (AvgIpc) is 3.25. The summed E-state index contributed by atoms with van der Waals surface area (Å²) in [6.07, 6.45) is 0.691. The van der Waals surface area contributed by atoms with Crippen LogP contribution in [0.4, 0.5) is 4.79 Å². The third kappa shape index (κ3) is 4.26. The number of methoxy groups -OCH3 is 1. The number of imide groups is 1. The van der Waals surface area contributed by atoms with Gasteiger partial charge in [-0.2, -0.15) is 0 Å². The highest BCUT2D eigenvalue weighted by Gasteiger charge is 2.49. The Kier molecular flexibility index (Phi) is 6.04. The summed E-state index contributed by atoms with van der Waals surface area (Å²) in [6.45, 7) is 4.37. The summed E-state index contributed by atoms with van der Waals surface area (Å²) < 4.78 is 7.25. The lowest BCUT2D eigenvalue weighted by Crippen LogP contribution is -2.43. The standard InChI is InChI=1S/C24H27N5O4/c1-16-26-19-7-4-5-8-20(19)28(16)14-6-13-25-21(30)15-29-22(31)24(2,27-23(29)32)17-9-11-18(33-3)12-10-17/h4-5,7-12H,6,13-15H2,1-3H3,(H,25,30)(H,27,32). The Bertz CT molecular complexity index is 1200. The molecule has 1 aliphatic rings. The van der Waals surface area contributed by atoms with E-state index in [0.29, 0.717) is 30.8 Å². The van der Waals surface area contributed by atoms with Crippen LogP contribution >= 0.6 is 0 Å². The molecule has 0 bridgehead atoms. The molecule has 4 amide bonds. The molecule has 2 heterocycles. The summed E-state index contributed by atoms with van der Waals surface area (Å²) in [6, 6.07) is 14.2. The third-order valence-corrected chi connectivity index (χ3v) is 5.97. The van der Waals surface area contributed by atoms with Crippen LogP contribution < -0.4 is 15.4 Å². The summed E-state index contributed by atoms with van der Waals surface area (Å²) in [5, 5.41) is 5.50. The summed E-state index contributed by atoms with van der Waals surface area (Å²) in [5.74, 6) is 0.715. The Morgan fingerprint density at radius 3 is 2.61 bits per heavy atom. The van der Waals surface area contributed by atoms with Gasteiger partial charge in [0.05, 0.1) is 18.1 Å². The smallest absolute Gasteiger partial charge is 0.325 e. The number of aromatic nitrogens is 2. The molecule has 3 aromatic rings. The molecule has 4 rings (SSSR count). The fourth-order valence-electron chi connectivity index (χ4n) is 4.10. The molecule has 1 aromatic heterocycles. The Hall–Kier alpha value is -3.88. The van der Waals surface area contributed by atoms with Gasteiger partial charge < -0.3 is 19.9 Å². The lowest BCUT2D eigenvalue weighted by molar-refractivity contribution is -0.134. The first-order chi connectivity index (χ1) is 15.8. The average molecular weight is 450 g/mol. The zero-order chi connectivity index (χ0) is 23.6. The van der Waals surface area contributed by atoms with Crippen molar-refractivity contribution in [2.24, 2.45) is 0 Å². The zero-order valence-electron chi connectivity index (χ0n) is 18.9. The van der Waals surface area contributed by atoms with Crippen LogP contribution in [0.15, 0.2) is 48.5 Å². The van der Waals surface area contributed by atoms with Crippen molar-refractivity contribution in [2.45, 2.75) is 32.4 Å². The molecule has 33 heavy (non-hydrogen) atoms. The highest BCUT2D eigenvalue weighted by molar-refractivity contribution is 6.09. The van der Waals surface area contributed by atoms with E-state index in [-0.39, 0.29) is 12.5 Å². The molecule has 2 aromatic carbocycles. The first kappa shape index (κ1) is 22.3. The van der Waals surface area contributed by atoms with Crippen molar-refractivity contribution in [3.05, 3.63) is 59.9 Å². The number of hydrogen-bond acceptors (Lipinski definition) is 5. The molecule has 1 atom stereocenters. The fraction of sp³-hybridized carbons (Fsp3) is 0.333. The van der Waals surface area contributed by atoms with E-state index in [2.05, 4.69) is 20.2 Å². The van der Waals surface area contributed by atoms with Gasteiger partial charge in [-0.1, -0.05) is 24.3 Å². The van der Waals surface area contributed by atoms with E-state index in [1.807, 2.05) is 31.2 Å². The quantitative estimate of drug-likeness (QED) is 0.406. The van der Waals surface area contributed by atoms with Crippen molar-refractivity contribution in [2.75, 3.05) is 20.2 Å². The Morgan fingerprint density at radius 2 is 1.88 bits per heavy atom. The van der Waals surface area contributed by atoms with Crippen molar-refractivity contribution >= 4 is 28.9 Å². The van der Waals surface area contributed by atoms with Crippen molar-refractivity contribution in [3.63, 3.8) is 0 Å². The van der Waals surface area contributed by atoms with Crippen LogP contribution in [-0.2, 0) is 21.7 Å². The first-order valence-corrected chi connectivity index (χ1v) is 10.8. The van der Waals surface area contributed by atoms with Crippen LogP contribution in [0.25, 0.3) is 11.0 Å². The monoisotopic (exact) mass is 449 g/mol. The number of urea groups is 1. The number of carbonyl (C=O) groups excluding carboxylic acids is 3. The van der Waals surface area contributed by atoms with Gasteiger partial charge in [0.15, 0.2) is 0 Å². The maximum absolute atomic E-state index is 13.0. The Balaban J connectivity index is 1.32. The molecular formula is C24H27N5O4. The maximum atomic E-state index is 13.0. The van der Waals surface area contributed by atoms with Gasteiger partial charge in [0.1, 0.15) is 23.7 Å². The van der Waals surface area contributed by atoms with Gasteiger partial charge in [-0.25, -0.2) is 9.78 Å². The van der Waals surface area contributed by atoms with E-state index in [1.54, 1.807) is 38.3 Å². The molecule has 9 heteroatoms. The van der Waals surface area contributed by atoms with E-state index in [1.165, 1.54) is 0 Å². The molecule has 0 saturated carbocycles. The Labute approximate surface area is 191 Å². The summed E-state index contributed by atoms with van der Waals surface area (Å²) in [7, 11) is 1.55. The number of fused-ring (bicyclic) bond motifs is 1. The Morgan fingerprint density at radius 1 is 1.15 bits per heavy atom. The van der Waals surface area contributed by atoms with Crippen LogP contribution in [0.1, 0.15) is 24.7 Å². The van der Waals surface area contributed by atoms with E-state index >= 15 is 0 Å². The highest BCUT2D eigenvalue weighted by atomic mass is 16.5. The number of aryl methyl sites for hydroxylation is 2. The first-order valence-electron chi connectivity index (χ1n) is 10.8. The number of carbonyl (C=O) groups is 3. The second-order valence-corrected chi connectivity index (χ2v) is 8.18. The predicted octanol–water partition coefficient (Wildman–Crippen LogP) is 2.33. The minimum absolute atomic E-state index is 0.330. The molecular weight excluding hydrogens is 422 g/mol. The van der Waals surface area contributed by atoms with E-state index < -0.39 is 17.5 Å². The van der Waals surface area contributed by atoms with Crippen molar-refractivity contribution in [3.8, 4) is 5.75 Å². The molecule has 0 radical (unpaired) electrons. The molecule has 9 nitrogen and oxygen atoms in total. The van der Waals surface area contributed by atoms with Crippen LogP contribution in [0.5, 0.6) is 5.75 Å². The molecule has 1 aliphatic heterocycles. The summed E-state index contributed by atoms with van der Waals surface area (Å²) in [4.78, 5) is 43.4. The predicted molar refractivity (Wildman–Crippen MR) is 123 cm³/mol. The van der Waals surface area contributed by atoms with E-state index in [4.69, 9.17) is 4.74 Å². The topological polar surface area (TPSA) is 106 Å². The number of rotatable bonds is 8. The molecule has 1 fully saturated rings. The van der Waals surface area contributed by atoms with Gasteiger partial charge in [0, 0.05) is 13.1 Å². The number of ether oxygens (including phenoxy) is 1. The zero-order valence-corrected chi connectivity index (χ0v) is 18.9. The van der Waals surface area contributed by atoms with Crippen LogP contribution in [0.3, 0.4) is 0 Å². The second-order valence-electron chi connectivity index (χ2n) is 8.18. The number of imidazole rings is 1. The molecule has 172 valence electrons. The highest BCUT2D eigenvalue weighted by Crippen LogP contribution is 2.29. The second kappa shape index (κ2) is 8.93. The lowest BCUT2D eigenvalue weighted by Gasteiger charge is -2.22. The van der Waals surface area contributed by atoms with E-state index in [9.17, 15) is 14.4 Å². The number of nitrogens with zero attached hydrogens (tertiary/aromatic N) is 3. The minimum Gasteiger partial charge on any atom is -0.497 e.